The Morgan fingerprint density at radius 3 is 2.17 bits per heavy atom. The average molecular weight is 387 g/mol. The summed E-state index contributed by atoms with van der Waals surface area (Å²) >= 11 is 3.43. The highest BCUT2D eigenvalue weighted by Gasteiger charge is 2.36. The summed E-state index contributed by atoms with van der Waals surface area (Å²) in [5.41, 5.74) is 5.43. The standard InChI is InChI=1S/C21H23BrO2/c1-20(2)7-8-21(3,4)18-12-13(5-6-17(18)20)14-9-15(19(23)24)11-16(22)10-14/h5-6,9-12H,7-8H2,1-4H3,(H,23,24). The van der Waals surface area contributed by atoms with E-state index in [1.165, 1.54) is 17.5 Å². The van der Waals surface area contributed by atoms with Gasteiger partial charge < -0.3 is 5.11 Å². The first-order valence-corrected chi connectivity index (χ1v) is 9.09. The van der Waals surface area contributed by atoms with Gasteiger partial charge in [0.2, 0.25) is 0 Å². The minimum atomic E-state index is -0.906. The van der Waals surface area contributed by atoms with Crippen LogP contribution in [-0.2, 0) is 10.8 Å². The molecule has 0 saturated heterocycles. The summed E-state index contributed by atoms with van der Waals surface area (Å²) in [6.07, 6.45) is 2.35. The van der Waals surface area contributed by atoms with Gasteiger partial charge in [-0.25, -0.2) is 4.79 Å². The maximum Gasteiger partial charge on any atom is 0.335 e. The van der Waals surface area contributed by atoms with Gasteiger partial charge in [0.1, 0.15) is 0 Å². The van der Waals surface area contributed by atoms with Crippen LogP contribution in [0.25, 0.3) is 11.1 Å². The van der Waals surface area contributed by atoms with E-state index in [2.05, 4.69) is 61.8 Å². The second kappa shape index (κ2) is 5.73. The first-order chi connectivity index (χ1) is 11.1. The molecule has 0 atom stereocenters. The van der Waals surface area contributed by atoms with Gasteiger partial charge in [0.15, 0.2) is 0 Å². The number of fused-ring (bicyclic) bond motifs is 1. The molecule has 0 aliphatic heterocycles. The monoisotopic (exact) mass is 386 g/mol. The van der Waals surface area contributed by atoms with Crippen molar-refractivity contribution >= 4 is 21.9 Å². The van der Waals surface area contributed by atoms with E-state index in [1.807, 2.05) is 6.07 Å². The van der Waals surface area contributed by atoms with Crippen molar-refractivity contribution < 1.29 is 9.90 Å². The van der Waals surface area contributed by atoms with Crippen LogP contribution in [0.2, 0.25) is 0 Å². The smallest absolute Gasteiger partial charge is 0.335 e. The lowest BCUT2D eigenvalue weighted by Crippen LogP contribution is -2.33. The van der Waals surface area contributed by atoms with Gasteiger partial charge in [-0.05, 0) is 64.1 Å². The van der Waals surface area contributed by atoms with E-state index < -0.39 is 5.97 Å². The number of carboxylic acids is 1. The first kappa shape index (κ1) is 17.2. The summed E-state index contributed by atoms with van der Waals surface area (Å²) in [4.78, 5) is 11.3. The normalized spacial score (nSPS) is 18.0. The molecule has 2 aromatic rings. The minimum absolute atomic E-state index is 0.141. The van der Waals surface area contributed by atoms with E-state index in [9.17, 15) is 9.90 Å². The fourth-order valence-electron chi connectivity index (χ4n) is 3.65. The van der Waals surface area contributed by atoms with Crippen molar-refractivity contribution in [2.24, 2.45) is 0 Å². The second-order valence-electron chi connectivity index (χ2n) is 8.06. The van der Waals surface area contributed by atoms with Crippen LogP contribution in [0.5, 0.6) is 0 Å². The molecule has 0 heterocycles. The Balaban J connectivity index is 2.17. The number of rotatable bonds is 2. The second-order valence-corrected chi connectivity index (χ2v) is 8.98. The number of aromatic carboxylic acids is 1. The van der Waals surface area contributed by atoms with Crippen molar-refractivity contribution in [1.82, 2.24) is 0 Å². The summed E-state index contributed by atoms with van der Waals surface area (Å²) in [6.45, 7) is 9.22. The Labute approximate surface area is 152 Å². The Bertz CT molecular complexity index is 819. The van der Waals surface area contributed by atoms with Crippen LogP contribution >= 0.6 is 15.9 Å². The zero-order valence-electron chi connectivity index (χ0n) is 14.6. The van der Waals surface area contributed by atoms with Gasteiger partial charge in [-0.2, -0.15) is 0 Å². The molecule has 0 unspecified atom stereocenters. The number of carbonyl (C=O) groups is 1. The predicted molar refractivity (Wildman–Crippen MR) is 102 cm³/mol. The molecule has 2 nitrogen and oxygen atoms in total. The van der Waals surface area contributed by atoms with E-state index in [0.717, 1.165) is 22.0 Å². The van der Waals surface area contributed by atoms with Crippen LogP contribution in [-0.4, -0.2) is 11.1 Å². The predicted octanol–water partition coefficient (Wildman–Crippen LogP) is 6.16. The average Bonchev–Trinajstić information content (AvgIpc) is 2.51. The van der Waals surface area contributed by atoms with Gasteiger partial charge >= 0.3 is 5.97 Å². The SMILES string of the molecule is CC1(C)CCC(C)(C)c2cc(-c3cc(Br)cc(C(=O)O)c3)ccc21. The molecular formula is C21H23BrO2. The zero-order valence-corrected chi connectivity index (χ0v) is 16.2. The number of carboxylic acid groups (broad SMARTS) is 1. The van der Waals surface area contributed by atoms with Crippen molar-refractivity contribution in [3.63, 3.8) is 0 Å². The number of halogens is 1. The molecule has 0 spiro atoms. The molecule has 0 bridgehead atoms. The van der Waals surface area contributed by atoms with Crippen LogP contribution < -0.4 is 0 Å². The molecule has 1 N–H and O–H groups in total. The highest BCUT2D eigenvalue weighted by molar-refractivity contribution is 9.10. The summed E-state index contributed by atoms with van der Waals surface area (Å²) in [6, 6.07) is 12.0. The van der Waals surface area contributed by atoms with Crippen LogP contribution in [0.4, 0.5) is 0 Å². The summed E-state index contributed by atoms with van der Waals surface area (Å²) in [5, 5.41) is 9.30. The topological polar surface area (TPSA) is 37.3 Å². The van der Waals surface area contributed by atoms with Crippen LogP contribution in [0.1, 0.15) is 62.0 Å². The first-order valence-electron chi connectivity index (χ1n) is 8.29. The molecule has 0 saturated carbocycles. The largest absolute Gasteiger partial charge is 0.478 e. The van der Waals surface area contributed by atoms with Gasteiger partial charge in [0.25, 0.3) is 0 Å². The zero-order chi connectivity index (χ0) is 17.7. The van der Waals surface area contributed by atoms with Crippen LogP contribution in [0.3, 0.4) is 0 Å². The molecule has 126 valence electrons. The summed E-state index contributed by atoms with van der Waals surface area (Å²) < 4.78 is 0.787. The molecule has 0 fully saturated rings. The molecule has 3 rings (SSSR count). The number of hydrogen-bond acceptors (Lipinski definition) is 1. The van der Waals surface area contributed by atoms with Crippen molar-refractivity contribution in [2.75, 3.05) is 0 Å². The van der Waals surface area contributed by atoms with E-state index in [4.69, 9.17) is 0 Å². The maximum absolute atomic E-state index is 11.3. The Morgan fingerprint density at radius 2 is 1.54 bits per heavy atom. The van der Waals surface area contributed by atoms with E-state index >= 15 is 0 Å². The fourth-order valence-corrected chi connectivity index (χ4v) is 4.14. The molecular weight excluding hydrogens is 364 g/mol. The Hall–Kier alpha value is -1.61. The third kappa shape index (κ3) is 3.02. The summed E-state index contributed by atoms with van der Waals surface area (Å²) in [7, 11) is 0. The van der Waals surface area contributed by atoms with Crippen molar-refractivity contribution in [1.29, 1.82) is 0 Å². The highest BCUT2D eigenvalue weighted by Crippen LogP contribution is 2.46. The number of benzene rings is 2. The lowest BCUT2D eigenvalue weighted by molar-refractivity contribution is 0.0697. The molecule has 3 heteroatoms. The lowest BCUT2D eigenvalue weighted by atomic mass is 9.63. The quantitative estimate of drug-likeness (QED) is 0.670. The molecule has 24 heavy (non-hydrogen) atoms. The van der Waals surface area contributed by atoms with Crippen molar-refractivity contribution in [3.05, 3.63) is 57.6 Å². The van der Waals surface area contributed by atoms with Gasteiger partial charge in [-0.3, -0.25) is 0 Å². The van der Waals surface area contributed by atoms with Crippen molar-refractivity contribution in [3.8, 4) is 11.1 Å². The Morgan fingerprint density at radius 1 is 0.917 bits per heavy atom. The molecule has 1 aliphatic carbocycles. The van der Waals surface area contributed by atoms with E-state index in [1.54, 1.807) is 12.1 Å². The lowest BCUT2D eigenvalue weighted by Gasteiger charge is -2.42. The molecule has 1 aliphatic rings. The highest BCUT2D eigenvalue weighted by atomic mass is 79.9. The molecule has 0 radical (unpaired) electrons. The van der Waals surface area contributed by atoms with Gasteiger partial charge in [-0.15, -0.1) is 0 Å². The van der Waals surface area contributed by atoms with Gasteiger partial charge in [-0.1, -0.05) is 61.8 Å². The number of hydrogen-bond donors (Lipinski definition) is 1. The van der Waals surface area contributed by atoms with E-state index in [-0.39, 0.29) is 10.8 Å². The Kier molecular flexibility index (Phi) is 4.11. The maximum atomic E-state index is 11.3. The minimum Gasteiger partial charge on any atom is -0.478 e. The van der Waals surface area contributed by atoms with E-state index in [0.29, 0.717) is 5.56 Å². The van der Waals surface area contributed by atoms with Crippen molar-refractivity contribution in [2.45, 2.75) is 51.4 Å². The third-order valence-electron chi connectivity index (χ3n) is 5.33. The fraction of sp³-hybridized carbons (Fsp3) is 0.381. The summed E-state index contributed by atoms with van der Waals surface area (Å²) in [5.74, 6) is -0.906. The third-order valence-corrected chi connectivity index (χ3v) is 5.79. The van der Waals surface area contributed by atoms with Gasteiger partial charge in [0, 0.05) is 4.47 Å². The molecule has 0 aromatic heterocycles. The van der Waals surface area contributed by atoms with Crippen LogP contribution in [0.15, 0.2) is 40.9 Å². The molecule has 2 aromatic carbocycles. The van der Waals surface area contributed by atoms with Gasteiger partial charge in [0.05, 0.1) is 5.56 Å². The van der Waals surface area contributed by atoms with Crippen LogP contribution in [0, 0.1) is 0 Å². The molecule has 0 amide bonds.